The van der Waals surface area contributed by atoms with Crippen LogP contribution in [-0.2, 0) is 11.2 Å². The molecule has 0 spiro atoms. The van der Waals surface area contributed by atoms with Gasteiger partial charge >= 0.3 is 0 Å². The Morgan fingerprint density at radius 2 is 1.78 bits per heavy atom. The number of aromatic amines is 1. The van der Waals surface area contributed by atoms with Crippen LogP contribution in [0, 0.1) is 5.92 Å². The fourth-order valence-electron chi connectivity index (χ4n) is 4.24. The molecular formula is C25H31N5OS. The molecule has 0 atom stereocenters. The monoisotopic (exact) mass is 449 g/mol. The number of carbonyl (C=O) groups is 1. The zero-order valence-corrected chi connectivity index (χ0v) is 19.6. The van der Waals surface area contributed by atoms with Crippen LogP contribution < -0.4 is 10.2 Å². The van der Waals surface area contributed by atoms with E-state index in [1.54, 1.807) is 0 Å². The Balaban J connectivity index is 1.35. The number of para-hydroxylation sites is 1. The lowest BCUT2D eigenvalue weighted by Crippen LogP contribution is -2.38. The second-order valence-corrected chi connectivity index (χ2v) is 9.55. The van der Waals surface area contributed by atoms with Crippen molar-refractivity contribution < 1.29 is 4.79 Å². The molecule has 0 saturated heterocycles. The fraction of sp³-hybridized carbons (Fsp3) is 0.400. The molecule has 168 valence electrons. The SMILES string of the molecule is CC(C)N(C(=O)CSc1n[nH]c(CC2CCCC2)n1)c1ccc(Nc2ccccc2)cc1. The van der Waals surface area contributed by atoms with Gasteiger partial charge in [-0.05, 0) is 56.2 Å². The normalized spacial score (nSPS) is 14.1. The number of aromatic nitrogens is 3. The zero-order valence-electron chi connectivity index (χ0n) is 18.8. The van der Waals surface area contributed by atoms with Gasteiger partial charge in [-0.25, -0.2) is 4.98 Å². The van der Waals surface area contributed by atoms with Gasteiger partial charge in [0.15, 0.2) is 0 Å². The minimum absolute atomic E-state index is 0.0518. The van der Waals surface area contributed by atoms with Crippen LogP contribution in [0.1, 0.15) is 45.4 Å². The molecule has 0 unspecified atom stereocenters. The Kier molecular flexibility index (Phi) is 7.47. The number of anilines is 3. The molecule has 4 rings (SSSR count). The number of hydrogen-bond donors (Lipinski definition) is 2. The van der Waals surface area contributed by atoms with Crippen LogP contribution in [0.2, 0.25) is 0 Å². The number of hydrogen-bond acceptors (Lipinski definition) is 5. The van der Waals surface area contributed by atoms with Gasteiger partial charge in [0.25, 0.3) is 0 Å². The molecule has 1 aliphatic carbocycles. The van der Waals surface area contributed by atoms with E-state index in [1.165, 1.54) is 37.4 Å². The fourth-order valence-corrected chi connectivity index (χ4v) is 4.92. The Labute approximate surface area is 194 Å². The highest BCUT2D eigenvalue weighted by atomic mass is 32.2. The molecule has 1 aliphatic rings. The first-order chi connectivity index (χ1) is 15.6. The molecule has 7 heteroatoms. The Morgan fingerprint density at radius 3 is 2.47 bits per heavy atom. The van der Waals surface area contributed by atoms with Crippen LogP contribution in [0.5, 0.6) is 0 Å². The van der Waals surface area contributed by atoms with E-state index in [0.717, 1.165) is 35.2 Å². The average molecular weight is 450 g/mol. The number of amides is 1. The summed E-state index contributed by atoms with van der Waals surface area (Å²) >= 11 is 1.40. The molecule has 3 aromatic rings. The quantitative estimate of drug-likeness (QED) is 0.403. The second-order valence-electron chi connectivity index (χ2n) is 8.60. The molecule has 1 aromatic heterocycles. The van der Waals surface area contributed by atoms with Gasteiger partial charge < -0.3 is 10.2 Å². The Bertz CT molecular complexity index is 997. The average Bonchev–Trinajstić information content (AvgIpc) is 3.47. The Morgan fingerprint density at radius 1 is 1.09 bits per heavy atom. The van der Waals surface area contributed by atoms with Crippen molar-refractivity contribution >= 4 is 34.7 Å². The third kappa shape index (κ3) is 5.91. The standard InChI is InChI=1S/C25H31N5OS/c1-18(2)30(22-14-12-21(13-15-22)26-20-10-4-3-5-11-20)24(31)17-32-25-27-23(28-29-25)16-19-8-6-7-9-19/h3-5,10-15,18-19,26H,6-9,16-17H2,1-2H3,(H,27,28,29). The minimum Gasteiger partial charge on any atom is -0.356 e. The van der Waals surface area contributed by atoms with Crippen LogP contribution in [0.4, 0.5) is 17.1 Å². The first kappa shape index (κ1) is 22.4. The number of nitrogens with one attached hydrogen (secondary N) is 2. The van der Waals surface area contributed by atoms with E-state index in [4.69, 9.17) is 0 Å². The number of thioether (sulfide) groups is 1. The first-order valence-electron chi connectivity index (χ1n) is 11.4. The molecule has 2 N–H and O–H groups in total. The van der Waals surface area contributed by atoms with Crippen molar-refractivity contribution in [2.75, 3.05) is 16.0 Å². The van der Waals surface area contributed by atoms with Gasteiger partial charge in [-0.1, -0.05) is 55.6 Å². The highest BCUT2D eigenvalue weighted by molar-refractivity contribution is 7.99. The maximum Gasteiger partial charge on any atom is 0.237 e. The van der Waals surface area contributed by atoms with E-state index in [2.05, 4.69) is 20.5 Å². The summed E-state index contributed by atoms with van der Waals surface area (Å²) in [6.45, 7) is 4.07. The number of H-pyrrole nitrogens is 1. The summed E-state index contributed by atoms with van der Waals surface area (Å²) in [5.74, 6) is 2.02. The van der Waals surface area contributed by atoms with Crippen molar-refractivity contribution in [3.05, 3.63) is 60.4 Å². The number of nitrogens with zero attached hydrogens (tertiary/aromatic N) is 3. The molecular weight excluding hydrogens is 418 g/mol. The van der Waals surface area contributed by atoms with Crippen LogP contribution in [0.15, 0.2) is 59.8 Å². The second kappa shape index (κ2) is 10.7. The van der Waals surface area contributed by atoms with E-state index >= 15 is 0 Å². The summed E-state index contributed by atoms with van der Waals surface area (Å²) in [6.07, 6.45) is 6.17. The highest BCUT2D eigenvalue weighted by Crippen LogP contribution is 2.28. The van der Waals surface area contributed by atoms with E-state index in [-0.39, 0.29) is 11.9 Å². The number of carbonyl (C=O) groups excluding carboxylic acids is 1. The topological polar surface area (TPSA) is 73.9 Å². The van der Waals surface area contributed by atoms with Crippen molar-refractivity contribution in [3.63, 3.8) is 0 Å². The molecule has 2 aromatic carbocycles. The van der Waals surface area contributed by atoms with E-state index < -0.39 is 0 Å². The Hall–Kier alpha value is -2.80. The third-order valence-corrected chi connectivity index (χ3v) is 6.62. The summed E-state index contributed by atoms with van der Waals surface area (Å²) in [4.78, 5) is 19.5. The summed E-state index contributed by atoms with van der Waals surface area (Å²) in [6, 6.07) is 18.1. The molecule has 0 bridgehead atoms. The molecule has 0 aliphatic heterocycles. The summed E-state index contributed by atoms with van der Waals surface area (Å²) in [5, 5.41) is 11.4. The smallest absolute Gasteiger partial charge is 0.237 e. The van der Waals surface area contributed by atoms with Gasteiger partial charge in [-0.15, -0.1) is 5.10 Å². The van der Waals surface area contributed by atoms with Crippen LogP contribution in [0.3, 0.4) is 0 Å². The number of benzene rings is 2. The predicted octanol–water partition coefficient (Wildman–Crippen LogP) is 5.81. The van der Waals surface area contributed by atoms with Gasteiger partial charge in [-0.2, -0.15) is 0 Å². The zero-order chi connectivity index (χ0) is 22.3. The largest absolute Gasteiger partial charge is 0.356 e. The van der Waals surface area contributed by atoms with Crippen molar-refractivity contribution in [1.82, 2.24) is 15.2 Å². The predicted molar refractivity (Wildman–Crippen MR) is 132 cm³/mol. The number of rotatable bonds is 9. The van der Waals surface area contributed by atoms with Crippen molar-refractivity contribution in [3.8, 4) is 0 Å². The molecule has 1 amide bonds. The van der Waals surface area contributed by atoms with Crippen LogP contribution in [-0.4, -0.2) is 32.9 Å². The maximum absolute atomic E-state index is 13.0. The van der Waals surface area contributed by atoms with Gasteiger partial charge in [0.2, 0.25) is 11.1 Å². The van der Waals surface area contributed by atoms with Crippen molar-refractivity contribution in [2.45, 2.75) is 57.1 Å². The summed E-state index contributed by atoms with van der Waals surface area (Å²) in [7, 11) is 0. The summed E-state index contributed by atoms with van der Waals surface area (Å²) < 4.78 is 0. The lowest BCUT2D eigenvalue weighted by atomic mass is 10.0. The highest BCUT2D eigenvalue weighted by Gasteiger charge is 2.21. The lowest BCUT2D eigenvalue weighted by molar-refractivity contribution is -0.116. The van der Waals surface area contributed by atoms with E-state index in [1.807, 2.05) is 73.3 Å². The van der Waals surface area contributed by atoms with E-state index in [9.17, 15) is 4.79 Å². The third-order valence-electron chi connectivity index (χ3n) is 5.79. The molecule has 1 saturated carbocycles. The van der Waals surface area contributed by atoms with Crippen LogP contribution >= 0.6 is 11.8 Å². The van der Waals surface area contributed by atoms with Gasteiger partial charge in [0.05, 0.1) is 5.75 Å². The van der Waals surface area contributed by atoms with E-state index in [0.29, 0.717) is 10.9 Å². The molecule has 6 nitrogen and oxygen atoms in total. The minimum atomic E-state index is 0.0518. The maximum atomic E-state index is 13.0. The van der Waals surface area contributed by atoms with Crippen molar-refractivity contribution in [1.29, 1.82) is 0 Å². The van der Waals surface area contributed by atoms with Gasteiger partial charge in [0, 0.05) is 29.5 Å². The molecule has 1 fully saturated rings. The first-order valence-corrected chi connectivity index (χ1v) is 12.4. The summed E-state index contributed by atoms with van der Waals surface area (Å²) in [5.41, 5.74) is 2.91. The molecule has 0 radical (unpaired) electrons. The molecule has 1 heterocycles. The molecule has 32 heavy (non-hydrogen) atoms. The lowest BCUT2D eigenvalue weighted by Gasteiger charge is -2.27. The van der Waals surface area contributed by atoms with Gasteiger partial charge in [0.1, 0.15) is 5.82 Å². The van der Waals surface area contributed by atoms with Crippen LogP contribution in [0.25, 0.3) is 0 Å². The van der Waals surface area contributed by atoms with Gasteiger partial charge in [-0.3, -0.25) is 9.89 Å². The van der Waals surface area contributed by atoms with Crippen molar-refractivity contribution in [2.24, 2.45) is 5.92 Å².